The first-order valence-corrected chi connectivity index (χ1v) is 5.56. The highest BCUT2D eigenvalue weighted by Gasteiger charge is 2.12. The number of aromatic nitrogens is 2. The Morgan fingerprint density at radius 3 is 2.17 bits per heavy atom. The lowest BCUT2D eigenvalue weighted by Crippen LogP contribution is -2.06. The molecule has 2 aromatic rings. The molecule has 0 saturated carbocycles. The van der Waals surface area contributed by atoms with Crippen LogP contribution < -0.4 is 14.8 Å². The van der Waals surface area contributed by atoms with Crippen molar-refractivity contribution >= 4 is 5.69 Å². The maximum absolute atomic E-state index is 5.21. The molecule has 1 heterocycles. The molecule has 0 fully saturated rings. The predicted octanol–water partition coefficient (Wildman–Crippen LogP) is 2.11. The van der Waals surface area contributed by atoms with E-state index in [-0.39, 0.29) is 0 Å². The van der Waals surface area contributed by atoms with Gasteiger partial charge < -0.3 is 14.8 Å². The van der Waals surface area contributed by atoms with Crippen LogP contribution >= 0.6 is 0 Å². The Morgan fingerprint density at radius 2 is 1.61 bits per heavy atom. The van der Waals surface area contributed by atoms with Crippen LogP contribution in [0.1, 0.15) is 5.56 Å². The molecular formula is C13H15N3O2. The number of benzene rings is 1. The van der Waals surface area contributed by atoms with Gasteiger partial charge in [0.25, 0.3) is 0 Å². The second-order valence-corrected chi connectivity index (χ2v) is 3.59. The summed E-state index contributed by atoms with van der Waals surface area (Å²) in [7, 11) is 3.15. The van der Waals surface area contributed by atoms with Crippen LogP contribution in [0.25, 0.3) is 0 Å². The summed E-state index contributed by atoms with van der Waals surface area (Å²) in [6.45, 7) is 0.539. The smallest absolute Gasteiger partial charge is 0.225 e. The van der Waals surface area contributed by atoms with Gasteiger partial charge in [0.1, 0.15) is 6.33 Å². The van der Waals surface area contributed by atoms with Crippen LogP contribution in [-0.2, 0) is 6.54 Å². The third-order valence-electron chi connectivity index (χ3n) is 2.50. The molecule has 0 aliphatic carbocycles. The molecule has 2 rings (SSSR count). The Morgan fingerprint density at radius 1 is 1.00 bits per heavy atom. The lowest BCUT2D eigenvalue weighted by molar-refractivity contribution is 0.363. The van der Waals surface area contributed by atoms with E-state index >= 15 is 0 Å². The van der Waals surface area contributed by atoms with Crippen molar-refractivity contribution in [1.82, 2.24) is 9.97 Å². The zero-order chi connectivity index (χ0) is 12.8. The highest BCUT2D eigenvalue weighted by molar-refractivity contribution is 5.45. The van der Waals surface area contributed by atoms with Crippen molar-refractivity contribution in [3.05, 3.63) is 42.2 Å². The first-order valence-electron chi connectivity index (χ1n) is 5.56. The summed E-state index contributed by atoms with van der Waals surface area (Å²) >= 11 is 0. The van der Waals surface area contributed by atoms with Gasteiger partial charge in [0.05, 0.1) is 26.3 Å². The highest BCUT2D eigenvalue weighted by atomic mass is 16.5. The number of hydrogen-bond acceptors (Lipinski definition) is 5. The van der Waals surface area contributed by atoms with Crippen LogP contribution in [0, 0.1) is 0 Å². The summed E-state index contributed by atoms with van der Waals surface area (Å²) in [5, 5.41) is 3.27. The Balaban J connectivity index is 2.17. The summed E-state index contributed by atoms with van der Waals surface area (Å²) in [5.74, 6) is 1.04. The molecule has 0 aliphatic rings. The summed E-state index contributed by atoms with van der Waals surface area (Å²) in [5.41, 5.74) is 1.82. The minimum absolute atomic E-state index is 0.519. The second kappa shape index (κ2) is 5.86. The van der Waals surface area contributed by atoms with Gasteiger partial charge in [-0.2, -0.15) is 0 Å². The monoisotopic (exact) mass is 245 g/mol. The summed E-state index contributed by atoms with van der Waals surface area (Å²) < 4.78 is 10.4. The molecule has 0 spiro atoms. The zero-order valence-electron chi connectivity index (χ0n) is 10.4. The number of methoxy groups -OCH3 is 2. The SMILES string of the molecule is COc1ncnc(OC)c1CNc1ccccc1. The van der Waals surface area contributed by atoms with E-state index in [2.05, 4.69) is 15.3 Å². The van der Waals surface area contributed by atoms with Crippen molar-refractivity contribution in [3.63, 3.8) is 0 Å². The quantitative estimate of drug-likeness (QED) is 0.874. The zero-order valence-corrected chi connectivity index (χ0v) is 10.4. The Kier molecular flexibility index (Phi) is 3.96. The normalized spacial score (nSPS) is 9.89. The summed E-state index contributed by atoms with van der Waals surface area (Å²) in [6, 6.07) is 9.89. The lowest BCUT2D eigenvalue weighted by Gasteiger charge is -2.12. The highest BCUT2D eigenvalue weighted by Crippen LogP contribution is 2.24. The van der Waals surface area contributed by atoms with Crippen LogP contribution in [-0.4, -0.2) is 24.2 Å². The number of anilines is 1. The van der Waals surface area contributed by atoms with E-state index < -0.39 is 0 Å². The van der Waals surface area contributed by atoms with Gasteiger partial charge in [0.2, 0.25) is 11.8 Å². The van der Waals surface area contributed by atoms with Crippen molar-refractivity contribution in [2.75, 3.05) is 19.5 Å². The maximum Gasteiger partial charge on any atom is 0.225 e. The molecule has 94 valence electrons. The van der Waals surface area contributed by atoms with Crippen molar-refractivity contribution in [3.8, 4) is 11.8 Å². The van der Waals surface area contributed by atoms with Gasteiger partial charge in [-0.1, -0.05) is 18.2 Å². The molecule has 0 aliphatic heterocycles. The molecule has 1 N–H and O–H groups in total. The molecular weight excluding hydrogens is 230 g/mol. The molecule has 0 unspecified atom stereocenters. The average molecular weight is 245 g/mol. The minimum Gasteiger partial charge on any atom is -0.481 e. The van der Waals surface area contributed by atoms with Gasteiger partial charge in [0, 0.05) is 5.69 Å². The average Bonchev–Trinajstić information content (AvgIpc) is 2.45. The van der Waals surface area contributed by atoms with E-state index in [9.17, 15) is 0 Å². The van der Waals surface area contributed by atoms with Gasteiger partial charge >= 0.3 is 0 Å². The van der Waals surface area contributed by atoms with Crippen LogP contribution in [0.15, 0.2) is 36.7 Å². The molecule has 5 heteroatoms. The van der Waals surface area contributed by atoms with E-state index in [1.807, 2.05) is 30.3 Å². The fraction of sp³-hybridized carbons (Fsp3) is 0.231. The van der Waals surface area contributed by atoms with Gasteiger partial charge in [0.15, 0.2) is 0 Å². The first-order chi connectivity index (χ1) is 8.85. The largest absolute Gasteiger partial charge is 0.481 e. The van der Waals surface area contributed by atoms with Crippen LogP contribution in [0.2, 0.25) is 0 Å². The van der Waals surface area contributed by atoms with Crippen LogP contribution in [0.3, 0.4) is 0 Å². The van der Waals surface area contributed by atoms with E-state index in [1.54, 1.807) is 14.2 Å². The number of nitrogens with zero attached hydrogens (tertiary/aromatic N) is 2. The number of ether oxygens (including phenoxy) is 2. The molecule has 1 aromatic carbocycles. The van der Waals surface area contributed by atoms with E-state index in [4.69, 9.17) is 9.47 Å². The van der Waals surface area contributed by atoms with E-state index in [0.717, 1.165) is 11.3 Å². The second-order valence-electron chi connectivity index (χ2n) is 3.59. The van der Waals surface area contributed by atoms with Crippen molar-refractivity contribution in [1.29, 1.82) is 0 Å². The number of nitrogens with one attached hydrogen (secondary N) is 1. The third-order valence-corrected chi connectivity index (χ3v) is 2.50. The van der Waals surface area contributed by atoms with Crippen LogP contribution in [0.5, 0.6) is 11.8 Å². The fourth-order valence-electron chi connectivity index (χ4n) is 1.63. The van der Waals surface area contributed by atoms with E-state index in [0.29, 0.717) is 18.3 Å². The van der Waals surface area contributed by atoms with E-state index in [1.165, 1.54) is 6.33 Å². The number of para-hydroxylation sites is 1. The summed E-state index contributed by atoms with van der Waals surface area (Å²) in [4.78, 5) is 8.13. The molecule has 1 aromatic heterocycles. The Labute approximate surface area is 106 Å². The fourth-order valence-corrected chi connectivity index (χ4v) is 1.63. The predicted molar refractivity (Wildman–Crippen MR) is 68.9 cm³/mol. The standard InChI is InChI=1S/C13H15N3O2/c1-17-12-11(13(18-2)16-9-15-12)8-14-10-6-4-3-5-7-10/h3-7,9,14H,8H2,1-2H3. The van der Waals surface area contributed by atoms with Gasteiger partial charge in [-0.15, -0.1) is 0 Å². The molecule has 5 nitrogen and oxygen atoms in total. The third kappa shape index (κ3) is 2.68. The van der Waals surface area contributed by atoms with Crippen molar-refractivity contribution in [2.45, 2.75) is 6.54 Å². The maximum atomic E-state index is 5.21. The van der Waals surface area contributed by atoms with Crippen molar-refractivity contribution < 1.29 is 9.47 Å². The topological polar surface area (TPSA) is 56.3 Å². The van der Waals surface area contributed by atoms with Crippen molar-refractivity contribution in [2.24, 2.45) is 0 Å². The Bertz CT molecular complexity index is 481. The van der Waals surface area contributed by atoms with Gasteiger partial charge in [-0.3, -0.25) is 0 Å². The lowest BCUT2D eigenvalue weighted by atomic mass is 10.2. The van der Waals surface area contributed by atoms with Crippen LogP contribution in [0.4, 0.5) is 5.69 Å². The minimum atomic E-state index is 0.519. The molecule has 18 heavy (non-hydrogen) atoms. The molecule has 0 bridgehead atoms. The molecule has 0 radical (unpaired) electrons. The van der Waals surface area contributed by atoms with Gasteiger partial charge in [-0.25, -0.2) is 9.97 Å². The number of hydrogen-bond donors (Lipinski definition) is 1. The molecule has 0 atom stereocenters. The first kappa shape index (κ1) is 12.2. The Hall–Kier alpha value is -2.30. The summed E-state index contributed by atoms with van der Waals surface area (Å²) in [6.07, 6.45) is 1.42. The number of rotatable bonds is 5. The van der Waals surface area contributed by atoms with Gasteiger partial charge in [-0.05, 0) is 12.1 Å². The molecule has 0 amide bonds. The molecule has 0 saturated heterocycles.